The van der Waals surface area contributed by atoms with Crippen molar-refractivity contribution in [3.05, 3.63) is 11.4 Å². The Labute approximate surface area is 193 Å². The van der Waals surface area contributed by atoms with Crippen molar-refractivity contribution in [2.45, 2.75) is 49.5 Å². The second-order valence-electron chi connectivity index (χ2n) is 7.39. The number of nitrogens with one attached hydrogen (secondary N) is 2. The Morgan fingerprint density at radius 2 is 1.00 bits per heavy atom. The number of aliphatic hydroxyl groups is 8. The summed E-state index contributed by atoms with van der Waals surface area (Å²) in [6.07, 6.45) is -9.69. The molecular weight excluding hydrogens is 460 g/mol. The van der Waals surface area contributed by atoms with Crippen LogP contribution < -0.4 is 22.1 Å². The van der Waals surface area contributed by atoms with Crippen LogP contribution in [-0.2, 0) is 0 Å². The van der Waals surface area contributed by atoms with Gasteiger partial charge in [0.2, 0.25) is 0 Å². The maximum atomic E-state index is 12.3. The molecule has 6 atom stereocenters. The number of nitrogens with zero attached hydrogens (tertiary/aromatic N) is 2. The van der Waals surface area contributed by atoms with Crippen molar-refractivity contribution in [3.63, 3.8) is 0 Å². The van der Waals surface area contributed by atoms with Gasteiger partial charge in [-0.15, -0.1) is 0 Å². The predicted octanol–water partition coefficient (Wildman–Crippen LogP) is -5.97. The molecule has 1 heterocycles. The third-order valence-electron chi connectivity index (χ3n) is 4.75. The number of rotatable bonds is 14. The molecule has 0 bridgehead atoms. The van der Waals surface area contributed by atoms with Crippen LogP contribution in [0.15, 0.2) is 0 Å². The topological polar surface area (TPSA) is 298 Å². The number of aromatic nitrogens is 2. The Morgan fingerprint density at radius 3 is 1.29 bits per heavy atom. The Balaban J connectivity index is 2.76. The third kappa shape index (κ3) is 8.26. The molecular formula is C18H32N6O10. The normalized spacial score (nSPS) is 16.7. The lowest BCUT2D eigenvalue weighted by Crippen LogP contribution is -2.45. The highest BCUT2D eigenvalue weighted by Crippen LogP contribution is 2.14. The molecule has 16 nitrogen and oxygen atoms in total. The van der Waals surface area contributed by atoms with Crippen LogP contribution in [-0.4, -0.2) is 126 Å². The molecule has 0 aliphatic heterocycles. The van der Waals surface area contributed by atoms with Crippen LogP contribution in [0.5, 0.6) is 0 Å². The molecule has 0 aliphatic carbocycles. The highest BCUT2D eigenvalue weighted by molar-refractivity contribution is 6.00. The molecule has 0 saturated carbocycles. The Morgan fingerprint density at radius 1 is 0.676 bits per heavy atom. The molecule has 0 aliphatic rings. The largest absolute Gasteiger partial charge is 0.396 e. The number of nitrogens with two attached hydrogens (primary N) is 2. The van der Waals surface area contributed by atoms with Gasteiger partial charge in [-0.05, 0) is 12.8 Å². The van der Waals surface area contributed by atoms with Gasteiger partial charge in [0.25, 0.3) is 11.8 Å². The molecule has 14 N–H and O–H groups in total. The lowest BCUT2D eigenvalue weighted by Gasteiger charge is -2.23. The van der Waals surface area contributed by atoms with Crippen molar-refractivity contribution in [2.75, 3.05) is 37.8 Å². The molecule has 34 heavy (non-hydrogen) atoms. The second-order valence-corrected chi connectivity index (χ2v) is 7.39. The van der Waals surface area contributed by atoms with Crippen LogP contribution in [0, 0.1) is 0 Å². The van der Waals surface area contributed by atoms with Gasteiger partial charge in [-0.25, -0.2) is 9.97 Å². The van der Waals surface area contributed by atoms with Gasteiger partial charge in [0.1, 0.15) is 12.2 Å². The van der Waals surface area contributed by atoms with Crippen molar-refractivity contribution in [2.24, 2.45) is 0 Å². The van der Waals surface area contributed by atoms with Crippen LogP contribution >= 0.6 is 0 Å². The van der Waals surface area contributed by atoms with E-state index in [4.69, 9.17) is 21.7 Å². The first-order chi connectivity index (χ1) is 15.9. The first-order valence-corrected chi connectivity index (χ1v) is 10.2. The van der Waals surface area contributed by atoms with Gasteiger partial charge in [0, 0.05) is 26.3 Å². The van der Waals surface area contributed by atoms with E-state index in [1.54, 1.807) is 0 Å². The lowest BCUT2D eigenvalue weighted by atomic mass is 10.1. The van der Waals surface area contributed by atoms with Gasteiger partial charge >= 0.3 is 0 Å². The molecule has 1 aromatic rings. The van der Waals surface area contributed by atoms with Gasteiger partial charge in [0.05, 0.1) is 24.4 Å². The molecule has 0 fully saturated rings. The van der Waals surface area contributed by atoms with E-state index in [2.05, 4.69) is 20.6 Å². The summed E-state index contributed by atoms with van der Waals surface area (Å²) in [7, 11) is 0. The van der Waals surface area contributed by atoms with E-state index >= 15 is 0 Å². The van der Waals surface area contributed by atoms with E-state index in [1.807, 2.05) is 0 Å². The molecule has 1 rings (SSSR count). The fourth-order valence-electron chi connectivity index (χ4n) is 2.72. The minimum Gasteiger partial charge on any atom is -0.396 e. The zero-order valence-electron chi connectivity index (χ0n) is 18.2. The average molecular weight is 492 g/mol. The highest BCUT2D eigenvalue weighted by atomic mass is 16.4. The van der Waals surface area contributed by atoms with E-state index in [0.29, 0.717) is 0 Å². The predicted molar refractivity (Wildman–Crippen MR) is 115 cm³/mol. The summed E-state index contributed by atoms with van der Waals surface area (Å²) < 4.78 is 0. The Bertz CT molecular complexity index is 750. The summed E-state index contributed by atoms with van der Waals surface area (Å²) >= 11 is 0. The van der Waals surface area contributed by atoms with E-state index in [1.165, 1.54) is 0 Å². The van der Waals surface area contributed by atoms with E-state index in [0.717, 1.165) is 0 Å². The van der Waals surface area contributed by atoms with Gasteiger partial charge in [-0.1, -0.05) is 0 Å². The zero-order chi connectivity index (χ0) is 26.0. The number of carbonyl (C=O) groups is 2. The summed E-state index contributed by atoms with van der Waals surface area (Å²) in [6.45, 7) is -1.89. The fraction of sp³-hybridized carbons (Fsp3) is 0.667. The summed E-state index contributed by atoms with van der Waals surface area (Å²) in [5, 5.41) is 80.2. The van der Waals surface area contributed by atoms with Gasteiger partial charge < -0.3 is 63.0 Å². The van der Waals surface area contributed by atoms with E-state index in [9.17, 15) is 40.2 Å². The van der Waals surface area contributed by atoms with Crippen LogP contribution in [0.1, 0.15) is 33.8 Å². The minimum absolute atomic E-state index is 0.191. The molecule has 0 aromatic carbocycles. The average Bonchev–Trinajstić information content (AvgIpc) is 2.80. The summed E-state index contributed by atoms with van der Waals surface area (Å²) in [6, 6.07) is 0. The number of amides is 2. The van der Waals surface area contributed by atoms with Crippen LogP contribution in [0.4, 0.5) is 11.6 Å². The van der Waals surface area contributed by atoms with Gasteiger partial charge in [-0.2, -0.15) is 0 Å². The van der Waals surface area contributed by atoms with Gasteiger partial charge in [0.15, 0.2) is 23.0 Å². The van der Waals surface area contributed by atoms with Crippen LogP contribution in [0.3, 0.4) is 0 Å². The number of hydrogen-bond donors (Lipinski definition) is 12. The van der Waals surface area contributed by atoms with Crippen molar-refractivity contribution >= 4 is 23.5 Å². The molecule has 0 unspecified atom stereocenters. The van der Waals surface area contributed by atoms with Crippen molar-refractivity contribution in [1.29, 1.82) is 0 Å². The number of nitrogen functional groups attached to an aromatic ring is 2. The Hall–Kier alpha value is -2.70. The fourth-order valence-corrected chi connectivity index (χ4v) is 2.72. The van der Waals surface area contributed by atoms with Crippen molar-refractivity contribution in [1.82, 2.24) is 20.6 Å². The summed E-state index contributed by atoms with van der Waals surface area (Å²) in [5.74, 6) is -2.93. The van der Waals surface area contributed by atoms with E-state index in [-0.39, 0.29) is 12.8 Å². The van der Waals surface area contributed by atoms with E-state index < -0.39 is 97.8 Å². The van der Waals surface area contributed by atoms with Crippen molar-refractivity contribution in [3.8, 4) is 0 Å². The molecule has 0 saturated heterocycles. The quantitative estimate of drug-likeness (QED) is 0.115. The second kappa shape index (κ2) is 13.9. The van der Waals surface area contributed by atoms with Gasteiger partial charge in [-0.3, -0.25) is 9.59 Å². The third-order valence-corrected chi connectivity index (χ3v) is 4.75. The summed E-state index contributed by atoms with van der Waals surface area (Å²) in [5.41, 5.74) is 10.3. The zero-order valence-corrected chi connectivity index (χ0v) is 18.2. The maximum absolute atomic E-state index is 12.3. The molecule has 0 radical (unpaired) electrons. The number of aliphatic hydroxyl groups excluding tert-OH is 8. The minimum atomic E-state index is -1.65. The SMILES string of the molecule is Nc1nc(C(=O)NC[C@@H](O)[C@H](O)[C@@H](O)CCO)c(N)nc1C(=O)NC[C@@H](O)[C@H](O)[C@@H](O)CCO. The van der Waals surface area contributed by atoms with Crippen LogP contribution in [0.25, 0.3) is 0 Å². The first kappa shape index (κ1) is 29.3. The van der Waals surface area contributed by atoms with Crippen molar-refractivity contribution < 1.29 is 50.4 Å². The number of anilines is 2. The monoisotopic (exact) mass is 492 g/mol. The van der Waals surface area contributed by atoms with Crippen LogP contribution in [0.2, 0.25) is 0 Å². The number of hydrogen-bond acceptors (Lipinski definition) is 14. The molecule has 194 valence electrons. The molecule has 0 spiro atoms. The Kier molecular flexibility index (Phi) is 12.0. The first-order valence-electron chi connectivity index (χ1n) is 10.2. The molecule has 1 aromatic heterocycles. The summed E-state index contributed by atoms with van der Waals surface area (Å²) in [4.78, 5) is 32.0. The molecule has 16 heteroatoms. The number of carbonyl (C=O) groups excluding carboxylic acids is 2. The highest BCUT2D eigenvalue weighted by Gasteiger charge is 2.27. The smallest absolute Gasteiger partial charge is 0.273 e. The molecule has 2 amide bonds. The maximum Gasteiger partial charge on any atom is 0.273 e. The standard InChI is InChI=1S/C18H32N6O10/c19-15-11(17(33)21-5-9(29)13(31)7(27)1-3-25)23-16(20)12(24-15)18(34)22-6-10(30)14(32)8(28)2-4-26/h7-10,13-14,25-32H,1-6H2,(H2,20,23)(H2,19,24)(H,21,33)(H,22,34)/t7-,8-,9+,10+,13+,14+/m0/s1. The lowest BCUT2D eigenvalue weighted by molar-refractivity contribution is -0.0638.